The van der Waals surface area contributed by atoms with E-state index >= 15 is 0 Å². The van der Waals surface area contributed by atoms with Crippen LogP contribution in [0.1, 0.15) is 10.4 Å². The van der Waals surface area contributed by atoms with Gasteiger partial charge in [-0.05, 0) is 31.2 Å². The summed E-state index contributed by atoms with van der Waals surface area (Å²) in [6, 6.07) is 4.24. The number of aryl methyl sites for hydroxylation is 2. The molecule has 0 aliphatic rings. The van der Waals surface area contributed by atoms with Crippen LogP contribution in [-0.2, 0) is 13.2 Å². The minimum absolute atomic E-state index is 0. The molecule has 0 saturated heterocycles. The van der Waals surface area contributed by atoms with E-state index in [1.54, 1.807) is 41.1 Å². The Morgan fingerprint density at radius 1 is 1.23 bits per heavy atom. The van der Waals surface area contributed by atoms with Gasteiger partial charge < -0.3 is 24.0 Å². The minimum atomic E-state index is -4.39. The van der Waals surface area contributed by atoms with Gasteiger partial charge in [-0.25, -0.2) is 9.36 Å². The second-order valence-corrected chi connectivity index (χ2v) is 6.63. The molecule has 138 valence electrons. The third-order valence-corrected chi connectivity index (χ3v) is 4.32. The molecule has 1 aromatic carbocycles. The van der Waals surface area contributed by atoms with Crippen LogP contribution >= 0.6 is 11.3 Å². The first-order chi connectivity index (χ1) is 11.7. The fourth-order valence-corrected chi connectivity index (χ4v) is 3.06. The Hall–Kier alpha value is -1.95. The van der Waals surface area contributed by atoms with Crippen LogP contribution in [0.3, 0.4) is 0 Å². The molecule has 0 aliphatic heterocycles. The lowest BCUT2D eigenvalue weighted by Gasteiger charge is -2.08. The number of imidazole rings is 1. The maximum absolute atomic E-state index is 12.7. The molecule has 0 saturated carbocycles. The highest BCUT2D eigenvalue weighted by Crippen LogP contribution is 2.29. The first-order valence-electron chi connectivity index (χ1n) is 7.23. The van der Waals surface area contributed by atoms with E-state index in [9.17, 15) is 18.0 Å². The lowest BCUT2D eigenvalue weighted by atomic mass is 10.2. The predicted octanol–water partition coefficient (Wildman–Crippen LogP) is 0.0650. The molecule has 26 heavy (non-hydrogen) atoms. The van der Waals surface area contributed by atoms with Crippen molar-refractivity contribution >= 4 is 17.4 Å². The summed E-state index contributed by atoms with van der Waals surface area (Å²) in [6.45, 7) is 1.84. The summed E-state index contributed by atoms with van der Waals surface area (Å²) in [6.07, 6.45) is 2.20. The van der Waals surface area contributed by atoms with Crippen molar-refractivity contribution in [2.24, 2.45) is 12.0 Å². The van der Waals surface area contributed by atoms with Crippen LogP contribution in [0, 0.1) is 6.92 Å². The zero-order valence-electron chi connectivity index (χ0n) is 13.7. The topological polar surface area (TPSA) is 43.2 Å². The molecule has 0 unspecified atom stereocenters. The first kappa shape index (κ1) is 20.4. The summed E-state index contributed by atoms with van der Waals surface area (Å²) in [5, 5.41) is 0. The molecule has 0 fully saturated rings. The van der Waals surface area contributed by atoms with Gasteiger partial charge in [0, 0.05) is 16.8 Å². The molecule has 0 radical (unpaired) electrons. The summed E-state index contributed by atoms with van der Waals surface area (Å²) < 4.78 is 42.7. The number of hydrogen-bond donors (Lipinski definition) is 0. The Labute approximate surface area is 168 Å². The van der Waals surface area contributed by atoms with E-state index in [2.05, 4.69) is 4.99 Å². The molecule has 2 heterocycles. The number of carbonyl (C=O) groups is 1. The summed E-state index contributed by atoms with van der Waals surface area (Å²) in [7, 11) is 1.78. The second kappa shape index (κ2) is 7.74. The van der Waals surface area contributed by atoms with Crippen molar-refractivity contribution in [2.75, 3.05) is 0 Å². The lowest BCUT2D eigenvalue weighted by molar-refractivity contribution is -0.670. The normalized spacial score (nSPS) is 12.1. The van der Waals surface area contributed by atoms with E-state index in [4.69, 9.17) is 0 Å². The Morgan fingerprint density at radius 2 is 1.88 bits per heavy atom. The van der Waals surface area contributed by atoms with Crippen LogP contribution in [0.5, 0.6) is 0 Å². The lowest BCUT2D eigenvalue weighted by Crippen LogP contribution is -3.00. The largest absolute Gasteiger partial charge is 1.00 e. The van der Waals surface area contributed by atoms with Crippen LogP contribution < -0.4 is 33.3 Å². The molecule has 0 N–H and O–H groups in total. The van der Waals surface area contributed by atoms with Gasteiger partial charge in [0.25, 0.3) is 6.33 Å². The molecule has 3 aromatic rings. The van der Waals surface area contributed by atoms with Crippen LogP contribution in [0.2, 0.25) is 0 Å². The Bertz CT molecular complexity index is 986. The number of carbonyl (C=O) groups excluding carboxylic acids is 1. The van der Waals surface area contributed by atoms with Gasteiger partial charge in [0.2, 0.25) is 4.80 Å². The highest BCUT2D eigenvalue weighted by Gasteiger charge is 2.30. The molecule has 5 nitrogen and oxygen atoms in total. The Morgan fingerprint density at radius 3 is 2.42 bits per heavy atom. The van der Waals surface area contributed by atoms with E-state index < -0.39 is 17.8 Å². The number of thiazole rings is 1. The molecule has 1 amide bonds. The highest BCUT2D eigenvalue weighted by atomic mass is 127. The monoisotopic (exact) mass is 494 g/mol. The summed E-state index contributed by atoms with van der Waals surface area (Å²) in [4.78, 5) is 17.6. The van der Waals surface area contributed by atoms with Crippen molar-refractivity contribution in [1.29, 1.82) is 0 Å². The smallest absolute Gasteiger partial charge is 0.441 e. The molecule has 0 atom stereocenters. The van der Waals surface area contributed by atoms with Gasteiger partial charge in [0.05, 0.1) is 12.6 Å². The SMILES string of the molecule is Cc1cn(-c2ccc(C(F)(F)F)cc2)/c(=N/C(=O)n2cc[n+](C)c2)s1.[I-]. The molecular formula is C16H14F3IN4OS. The second-order valence-electron chi connectivity index (χ2n) is 5.42. The summed E-state index contributed by atoms with van der Waals surface area (Å²) in [5.41, 5.74) is -0.222. The predicted molar refractivity (Wildman–Crippen MR) is 85.4 cm³/mol. The standard InChI is InChI=1S/C16H14F3N4OS.HI/c1-11-9-23(13-5-3-12(4-6-13)16(17,18)19)15(25-11)20-14(24)22-8-7-21(2)10-22;/h3-10H,1-2H3;1H/q+1;/p-1/b20-15-;. The average molecular weight is 494 g/mol. The molecule has 10 heteroatoms. The number of aromatic nitrogens is 3. The van der Waals surface area contributed by atoms with Crippen LogP contribution in [-0.4, -0.2) is 15.2 Å². The molecule has 0 spiro atoms. The minimum Gasteiger partial charge on any atom is -1.00 e. The quantitative estimate of drug-likeness (QED) is 0.349. The van der Waals surface area contributed by atoms with E-state index in [-0.39, 0.29) is 24.0 Å². The third kappa shape index (κ3) is 4.41. The number of benzene rings is 1. The van der Waals surface area contributed by atoms with Crippen molar-refractivity contribution in [1.82, 2.24) is 9.13 Å². The number of nitrogens with zero attached hydrogens (tertiary/aromatic N) is 4. The van der Waals surface area contributed by atoms with Gasteiger partial charge in [0.1, 0.15) is 12.4 Å². The Kier molecular flexibility index (Phi) is 6.06. The average Bonchev–Trinajstić information content (AvgIpc) is 3.12. The van der Waals surface area contributed by atoms with Gasteiger partial charge in [0.15, 0.2) is 0 Å². The van der Waals surface area contributed by atoms with Crippen molar-refractivity contribution in [3.8, 4) is 5.69 Å². The van der Waals surface area contributed by atoms with Crippen molar-refractivity contribution < 1.29 is 46.5 Å². The van der Waals surface area contributed by atoms with Crippen LogP contribution in [0.15, 0.2) is 54.2 Å². The van der Waals surface area contributed by atoms with Gasteiger partial charge in [-0.1, -0.05) is 0 Å². The number of hydrogen-bond acceptors (Lipinski definition) is 2. The van der Waals surface area contributed by atoms with Gasteiger partial charge in [-0.15, -0.1) is 20.9 Å². The molecule has 2 aromatic heterocycles. The maximum Gasteiger partial charge on any atom is 0.441 e. The first-order valence-corrected chi connectivity index (χ1v) is 8.05. The van der Waals surface area contributed by atoms with Crippen molar-refractivity contribution in [3.05, 3.63) is 64.4 Å². The molecule has 3 rings (SSSR count). The summed E-state index contributed by atoms with van der Waals surface area (Å²) in [5.74, 6) is 0. The number of amides is 1. The number of halogens is 4. The zero-order chi connectivity index (χ0) is 18.2. The van der Waals surface area contributed by atoms with Gasteiger partial charge >= 0.3 is 12.2 Å². The van der Waals surface area contributed by atoms with Crippen molar-refractivity contribution in [3.63, 3.8) is 0 Å². The zero-order valence-corrected chi connectivity index (χ0v) is 16.7. The Balaban J connectivity index is 0.00000243. The van der Waals surface area contributed by atoms with Gasteiger partial charge in [-0.3, -0.25) is 4.57 Å². The maximum atomic E-state index is 12.7. The summed E-state index contributed by atoms with van der Waals surface area (Å²) >= 11 is 1.28. The van der Waals surface area contributed by atoms with Gasteiger partial charge in [-0.2, -0.15) is 13.2 Å². The third-order valence-electron chi connectivity index (χ3n) is 3.42. The molecule has 0 bridgehead atoms. The fraction of sp³-hybridized carbons (Fsp3) is 0.188. The van der Waals surface area contributed by atoms with Crippen molar-refractivity contribution in [2.45, 2.75) is 13.1 Å². The van der Waals surface area contributed by atoms with E-state index in [0.29, 0.717) is 10.5 Å². The molecule has 0 aliphatic carbocycles. The highest BCUT2D eigenvalue weighted by molar-refractivity contribution is 7.09. The van der Waals surface area contributed by atoms with E-state index in [1.165, 1.54) is 28.0 Å². The van der Waals surface area contributed by atoms with E-state index in [1.807, 2.05) is 6.92 Å². The molecular weight excluding hydrogens is 480 g/mol. The number of rotatable bonds is 1. The number of alkyl halides is 3. The van der Waals surface area contributed by atoms with Crippen LogP contribution in [0.4, 0.5) is 18.0 Å². The van der Waals surface area contributed by atoms with E-state index in [0.717, 1.165) is 17.0 Å². The van der Waals surface area contributed by atoms with Crippen LogP contribution in [0.25, 0.3) is 5.69 Å². The fourth-order valence-electron chi connectivity index (χ4n) is 2.23.